The summed E-state index contributed by atoms with van der Waals surface area (Å²) in [7, 11) is 0. The van der Waals surface area contributed by atoms with Crippen molar-refractivity contribution in [3.63, 3.8) is 0 Å². The third kappa shape index (κ3) is 4.47. The molecule has 1 fully saturated rings. The van der Waals surface area contributed by atoms with Crippen LogP contribution in [0.5, 0.6) is 0 Å². The molecule has 1 aliphatic heterocycles. The number of aryl methyl sites for hydroxylation is 1. The zero-order chi connectivity index (χ0) is 13.8. The minimum atomic E-state index is -0.350. The molecule has 1 saturated heterocycles. The molecule has 1 aromatic rings. The zero-order valence-corrected chi connectivity index (χ0v) is 13.7. The molecule has 0 bridgehead atoms. The Morgan fingerprint density at radius 2 is 1.80 bits per heavy atom. The first-order chi connectivity index (χ1) is 9.08. The number of aliphatic hydroxyl groups excluding tert-OH is 1. The highest BCUT2D eigenvalue weighted by Gasteiger charge is 2.17. The lowest BCUT2D eigenvalue weighted by Crippen LogP contribution is -3.00. The first-order valence-electron chi connectivity index (χ1n) is 7.59. The standard InChI is InChI=1S/C17H27NO.ClH/c1-13(2)15-8-7-14(3)16(11-15)17(19)12-18-9-5-4-6-10-18;/h7-8,11,13,17,19H,4-6,9-10,12H2,1-3H3;1H/p-1. The van der Waals surface area contributed by atoms with E-state index in [4.69, 9.17) is 0 Å². The molecule has 1 N–H and O–H groups in total. The van der Waals surface area contributed by atoms with E-state index in [1.54, 1.807) is 0 Å². The van der Waals surface area contributed by atoms with Crippen LogP contribution in [0.25, 0.3) is 0 Å². The number of benzene rings is 1. The van der Waals surface area contributed by atoms with Gasteiger partial charge in [0.25, 0.3) is 0 Å². The normalized spacial score (nSPS) is 17.9. The molecule has 2 nitrogen and oxygen atoms in total. The van der Waals surface area contributed by atoms with Gasteiger partial charge in [-0.05, 0) is 55.5 Å². The van der Waals surface area contributed by atoms with E-state index in [1.807, 2.05) is 0 Å². The predicted molar refractivity (Wildman–Crippen MR) is 80.5 cm³/mol. The average molecular weight is 297 g/mol. The van der Waals surface area contributed by atoms with Crippen LogP contribution >= 0.6 is 0 Å². The summed E-state index contributed by atoms with van der Waals surface area (Å²) in [6, 6.07) is 6.51. The molecule has 2 rings (SSSR count). The highest BCUT2D eigenvalue weighted by atomic mass is 35.5. The van der Waals surface area contributed by atoms with E-state index in [9.17, 15) is 5.11 Å². The van der Waals surface area contributed by atoms with Crippen molar-refractivity contribution in [3.05, 3.63) is 34.9 Å². The number of aliphatic hydroxyl groups is 1. The van der Waals surface area contributed by atoms with Crippen LogP contribution < -0.4 is 12.4 Å². The lowest BCUT2D eigenvalue weighted by Gasteiger charge is -2.29. The van der Waals surface area contributed by atoms with Crippen LogP contribution in [-0.2, 0) is 0 Å². The van der Waals surface area contributed by atoms with Crippen LogP contribution in [0.1, 0.15) is 61.8 Å². The van der Waals surface area contributed by atoms with Gasteiger partial charge in [0.05, 0.1) is 6.10 Å². The van der Waals surface area contributed by atoms with Crippen molar-refractivity contribution in [1.29, 1.82) is 0 Å². The average Bonchev–Trinajstić information content (AvgIpc) is 2.40. The Morgan fingerprint density at radius 3 is 2.40 bits per heavy atom. The monoisotopic (exact) mass is 296 g/mol. The van der Waals surface area contributed by atoms with E-state index < -0.39 is 0 Å². The molecule has 0 radical (unpaired) electrons. The van der Waals surface area contributed by atoms with E-state index in [2.05, 4.69) is 43.9 Å². The summed E-state index contributed by atoms with van der Waals surface area (Å²) < 4.78 is 0. The van der Waals surface area contributed by atoms with E-state index in [0.29, 0.717) is 5.92 Å². The number of β-amino-alcohol motifs (C(OH)–C–C–N with tert-alkyl or cyclic N) is 1. The van der Waals surface area contributed by atoms with Gasteiger partial charge in [-0.1, -0.05) is 38.5 Å². The van der Waals surface area contributed by atoms with E-state index in [0.717, 1.165) is 25.2 Å². The van der Waals surface area contributed by atoms with E-state index >= 15 is 0 Å². The van der Waals surface area contributed by atoms with Crippen molar-refractivity contribution in [3.8, 4) is 0 Å². The highest BCUT2D eigenvalue weighted by Crippen LogP contribution is 2.25. The van der Waals surface area contributed by atoms with E-state index in [-0.39, 0.29) is 18.5 Å². The van der Waals surface area contributed by atoms with Gasteiger partial charge in [-0.3, -0.25) is 0 Å². The minimum absolute atomic E-state index is 0. The maximum atomic E-state index is 10.5. The number of hydrogen-bond acceptors (Lipinski definition) is 2. The predicted octanol–water partition coefficient (Wildman–Crippen LogP) is 0.642. The molecule has 0 saturated carbocycles. The Morgan fingerprint density at radius 1 is 1.15 bits per heavy atom. The fourth-order valence-corrected chi connectivity index (χ4v) is 2.86. The number of piperidine rings is 1. The molecule has 114 valence electrons. The van der Waals surface area contributed by atoms with Gasteiger partial charge in [0.15, 0.2) is 0 Å². The Kier molecular flexibility index (Phi) is 7.01. The van der Waals surface area contributed by atoms with Gasteiger partial charge in [-0.25, -0.2) is 0 Å². The largest absolute Gasteiger partial charge is 1.00 e. The number of nitrogens with zero attached hydrogens (tertiary/aromatic N) is 1. The fraction of sp³-hybridized carbons (Fsp3) is 0.647. The second kappa shape index (κ2) is 8.02. The molecule has 1 aliphatic rings. The summed E-state index contributed by atoms with van der Waals surface area (Å²) in [6.45, 7) is 9.55. The summed E-state index contributed by atoms with van der Waals surface area (Å²) in [5.41, 5.74) is 3.63. The van der Waals surface area contributed by atoms with Gasteiger partial charge in [-0.2, -0.15) is 0 Å². The number of likely N-dealkylation sites (tertiary alicyclic amines) is 1. The maximum absolute atomic E-state index is 10.5. The molecular formula is C17H27ClNO-. The van der Waals surface area contributed by atoms with Crippen LogP contribution in [0.3, 0.4) is 0 Å². The molecule has 20 heavy (non-hydrogen) atoms. The molecule has 0 spiro atoms. The second-order valence-electron chi connectivity index (χ2n) is 6.15. The molecule has 3 heteroatoms. The number of rotatable bonds is 4. The lowest BCUT2D eigenvalue weighted by molar-refractivity contribution is -0.00000639. The van der Waals surface area contributed by atoms with Crippen LogP contribution in [0.4, 0.5) is 0 Å². The van der Waals surface area contributed by atoms with Crippen LogP contribution in [0, 0.1) is 6.92 Å². The van der Waals surface area contributed by atoms with Crippen molar-refractivity contribution in [1.82, 2.24) is 4.90 Å². The number of hydrogen-bond donors (Lipinski definition) is 1. The second-order valence-corrected chi connectivity index (χ2v) is 6.15. The third-order valence-corrected chi connectivity index (χ3v) is 4.21. The quantitative estimate of drug-likeness (QED) is 0.882. The third-order valence-electron chi connectivity index (χ3n) is 4.21. The van der Waals surface area contributed by atoms with Gasteiger partial charge in [-0.15, -0.1) is 0 Å². The molecular weight excluding hydrogens is 270 g/mol. The molecule has 1 heterocycles. The first kappa shape index (κ1) is 17.5. The SMILES string of the molecule is Cc1ccc(C(C)C)cc1C(O)CN1CCCCC1.[Cl-]. The van der Waals surface area contributed by atoms with Crippen LogP contribution in [0.15, 0.2) is 18.2 Å². The van der Waals surface area contributed by atoms with Gasteiger partial charge in [0.2, 0.25) is 0 Å². The Balaban J connectivity index is 0.00000200. The first-order valence-corrected chi connectivity index (χ1v) is 7.59. The summed E-state index contributed by atoms with van der Waals surface area (Å²) in [4.78, 5) is 2.40. The van der Waals surface area contributed by atoms with Gasteiger partial charge >= 0.3 is 0 Å². The molecule has 1 atom stereocenters. The molecule has 1 unspecified atom stereocenters. The highest BCUT2D eigenvalue weighted by molar-refractivity contribution is 5.34. The van der Waals surface area contributed by atoms with Gasteiger partial charge in [0.1, 0.15) is 0 Å². The topological polar surface area (TPSA) is 23.5 Å². The molecule has 0 amide bonds. The van der Waals surface area contributed by atoms with Crippen molar-refractivity contribution in [2.75, 3.05) is 19.6 Å². The molecule has 1 aromatic carbocycles. The maximum Gasteiger partial charge on any atom is 0.0919 e. The van der Waals surface area contributed by atoms with Crippen LogP contribution in [-0.4, -0.2) is 29.6 Å². The summed E-state index contributed by atoms with van der Waals surface area (Å²) in [5.74, 6) is 0.515. The van der Waals surface area contributed by atoms with Crippen molar-refractivity contribution >= 4 is 0 Å². The summed E-state index contributed by atoms with van der Waals surface area (Å²) in [5, 5.41) is 10.5. The zero-order valence-electron chi connectivity index (χ0n) is 12.9. The van der Waals surface area contributed by atoms with Crippen molar-refractivity contribution in [2.24, 2.45) is 0 Å². The smallest absolute Gasteiger partial charge is 0.0919 e. The number of halogens is 1. The fourth-order valence-electron chi connectivity index (χ4n) is 2.86. The summed E-state index contributed by atoms with van der Waals surface area (Å²) >= 11 is 0. The minimum Gasteiger partial charge on any atom is -1.00 e. The van der Waals surface area contributed by atoms with Gasteiger partial charge < -0.3 is 22.4 Å². The molecule has 0 aliphatic carbocycles. The lowest BCUT2D eigenvalue weighted by atomic mass is 9.95. The molecule has 0 aromatic heterocycles. The van der Waals surface area contributed by atoms with E-state index in [1.165, 1.54) is 30.4 Å². The Bertz CT molecular complexity index is 413. The Labute approximate surface area is 129 Å². The van der Waals surface area contributed by atoms with Crippen LogP contribution in [0.2, 0.25) is 0 Å². The van der Waals surface area contributed by atoms with Crippen molar-refractivity contribution in [2.45, 2.75) is 52.1 Å². The Hall–Kier alpha value is -0.570. The summed E-state index contributed by atoms with van der Waals surface area (Å²) in [6.07, 6.45) is 3.54. The van der Waals surface area contributed by atoms with Crippen molar-refractivity contribution < 1.29 is 17.5 Å². The van der Waals surface area contributed by atoms with Gasteiger partial charge in [0, 0.05) is 6.54 Å².